The fourth-order valence-corrected chi connectivity index (χ4v) is 2.75. The topological polar surface area (TPSA) is 93.7 Å². The predicted molar refractivity (Wildman–Crippen MR) is 109 cm³/mol. The number of ether oxygens (including phenoxy) is 2. The van der Waals surface area contributed by atoms with Crippen LogP contribution in [-0.4, -0.2) is 31.0 Å². The summed E-state index contributed by atoms with van der Waals surface area (Å²) in [7, 11) is 1.47. The number of nitrogens with one attached hydrogen (secondary N) is 2. The van der Waals surface area contributed by atoms with E-state index in [0.717, 1.165) is 12.8 Å². The maximum absolute atomic E-state index is 12.4. The van der Waals surface area contributed by atoms with Gasteiger partial charge in [0.05, 0.1) is 18.4 Å². The molecule has 3 rings (SSSR count). The minimum Gasteiger partial charge on any atom is -0.495 e. The van der Waals surface area contributed by atoms with E-state index in [9.17, 15) is 14.4 Å². The summed E-state index contributed by atoms with van der Waals surface area (Å²) in [5.74, 6) is -0.651. The third-order valence-electron chi connectivity index (χ3n) is 4.41. The average Bonchev–Trinajstić information content (AvgIpc) is 3.54. The number of anilines is 2. The third kappa shape index (κ3) is 5.48. The third-order valence-corrected chi connectivity index (χ3v) is 4.64. The molecule has 0 aliphatic heterocycles. The molecule has 2 amide bonds. The van der Waals surface area contributed by atoms with Crippen LogP contribution >= 0.6 is 11.6 Å². The minimum absolute atomic E-state index is 0.0120. The van der Waals surface area contributed by atoms with Crippen LogP contribution in [0.1, 0.15) is 30.1 Å². The normalized spacial score (nSPS) is 13.9. The minimum atomic E-state index is -1.04. The number of benzene rings is 2. The number of amides is 2. The molecule has 0 aromatic heterocycles. The molecule has 1 saturated carbocycles. The zero-order chi connectivity index (χ0) is 21.0. The second-order valence-corrected chi connectivity index (χ2v) is 7.16. The first kappa shape index (κ1) is 20.7. The van der Waals surface area contributed by atoms with E-state index in [1.807, 2.05) is 0 Å². The summed E-state index contributed by atoms with van der Waals surface area (Å²) in [5.41, 5.74) is 1.26. The number of hydrogen-bond donors (Lipinski definition) is 2. The highest BCUT2D eigenvalue weighted by Crippen LogP contribution is 2.30. The molecule has 0 bridgehead atoms. The Kier molecular flexibility index (Phi) is 6.39. The zero-order valence-electron chi connectivity index (χ0n) is 16.0. The van der Waals surface area contributed by atoms with Crippen molar-refractivity contribution in [3.63, 3.8) is 0 Å². The van der Waals surface area contributed by atoms with Gasteiger partial charge in [0.25, 0.3) is 5.91 Å². The van der Waals surface area contributed by atoms with Crippen molar-refractivity contribution in [2.24, 2.45) is 5.92 Å². The van der Waals surface area contributed by atoms with Gasteiger partial charge in [0, 0.05) is 16.6 Å². The molecule has 8 heteroatoms. The van der Waals surface area contributed by atoms with Crippen molar-refractivity contribution in [2.75, 3.05) is 17.7 Å². The van der Waals surface area contributed by atoms with Gasteiger partial charge < -0.3 is 20.1 Å². The van der Waals surface area contributed by atoms with Gasteiger partial charge >= 0.3 is 5.97 Å². The van der Waals surface area contributed by atoms with Crippen LogP contribution in [-0.2, 0) is 14.3 Å². The van der Waals surface area contributed by atoms with Crippen LogP contribution in [0.15, 0.2) is 42.5 Å². The number of halogens is 1. The molecule has 0 heterocycles. The van der Waals surface area contributed by atoms with Crippen LogP contribution < -0.4 is 15.4 Å². The standard InChI is InChI=1S/C21H21ClN2O5/c1-12(19(25)24-17-11-15(22)7-10-18(17)28-2)29-21(27)14-5-8-16(9-6-14)23-20(26)13-3-4-13/h5-13H,3-4H2,1-2H3,(H,23,26)(H,24,25). The fraction of sp³-hybridized carbons (Fsp3) is 0.286. The van der Waals surface area contributed by atoms with Crippen LogP contribution in [0.5, 0.6) is 5.75 Å². The number of esters is 1. The van der Waals surface area contributed by atoms with E-state index < -0.39 is 18.0 Å². The second kappa shape index (κ2) is 8.96. The molecule has 1 unspecified atom stereocenters. The first-order chi connectivity index (χ1) is 13.9. The van der Waals surface area contributed by atoms with Crippen molar-refractivity contribution in [1.29, 1.82) is 0 Å². The molecule has 1 atom stereocenters. The molecule has 2 aromatic carbocycles. The van der Waals surface area contributed by atoms with E-state index in [4.69, 9.17) is 21.1 Å². The van der Waals surface area contributed by atoms with Crippen LogP contribution in [0.4, 0.5) is 11.4 Å². The lowest BCUT2D eigenvalue weighted by molar-refractivity contribution is -0.123. The van der Waals surface area contributed by atoms with Crippen LogP contribution in [0.2, 0.25) is 5.02 Å². The molecule has 0 saturated heterocycles. The van der Waals surface area contributed by atoms with E-state index in [1.54, 1.807) is 30.3 Å². The van der Waals surface area contributed by atoms with Gasteiger partial charge in [-0.15, -0.1) is 0 Å². The maximum Gasteiger partial charge on any atom is 0.338 e. The lowest BCUT2D eigenvalue weighted by atomic mass is 10.2. The molecule has 0 spiro atoms. The molecule has 1 aliphatic carbocycles. The lowest BCUT2D eigenvalue weighted by Gasteiger charge is -2.15. The van der Waals surface area contributed by atoms with Crippen LogP contribution in [0.25, 0.3) is 0 Å². The maximum atomic E-state index is 12.4. The molecule has 7 nitrogen and oxygen atoms in total. The Morgan fingerprint density at radius 3 is 2.38 bits per heavy atom. The number of carbonyl (C=O) groups is 3. The van der Waals surface area contributed by atoms with Gasteiger partial charge in [-0.25, -0.2) is 4.79 Å². The number of methoxy groups -OCH3 is 1. The molecule has 2 N–H and O–H groups in total. The monoisotopic (exact) mass is 416 g/mol. The Hall–Kier alpha value is -3.06. The largest absolute Gasteiger partial charge is 0.495 e. The number of hydrogen-bond acceptors (Lipinski definition) is 5. The van der Waals surface area contributed by atoms with E-state index in [0.29, 0.717) is 22.1 Å². The smallest absolute Gasteiger partial charge is 0.338 e. The Labute approximate surface area is 173 Å². The van der Waals surface area contributed by atoms with Gasteiger partial charge in [-0.3, -0.25) is 9.59 Å². The van der Waals surface area contributed by atoms with Crippen molar-refractivity contribution >= 4 is 40.8 Å². The average molecular weight is 417 g/mol. The van der Waals surface area contributed by atoms with Gasteiger partial charge in [0.15, 0.2) is 6.10 Å². The molecular weight excluding hydrogens is 396 g/mol. The van der Waals surface area contributed by atoms with E-state index in [2.05, 4.69) is 10.6 Å². The molecule has 1 fully saturated rings. The highest BCUT2D eigenvalue weighted by Gasteiger charge is 2.29. The highest BCUT2D eigenvalue weighted by molar-refractivity contribution is 6.31. The van der Waals surface area contributed by atoms with Crippen molar-refractivity contribution in [3.05, 3.63) is 53.1 Å². The summed E-state index contributed by atoms with van der Waals surface area (Å²) >= 11 is 5.95. The van der Waals surface area contributed by atoms with Crippen molar-refractivity contribution < 1.29 is 23.9 Å². The summed E-state index contributed by atoms with van der Waals surface area (Å²) in [4.78, 5) is 36.4. The van der Waals surface area contributed by atoms with Crippen LogP contribution in [0, 0.1) is 5.92 Å². The molecule has 29 heavy (non-hydrogen) atoms. The first-order valence-corrected chi connectivity index (χ1v) is 9.51. The van der Waals surface area contributed by atoms with E-state index in [1.165, 1.54) is 26.2 Å². The molecule has 1 aliphatic rings. The molecule has 152 valence electrons. The van der Waals surface area contributed by atoms with Gasteiger partial charge in [-0.2, -0.15) is 0 Å². The number of carbonyl (C=O) groups excluding carboxylic acids is 3. The Morgan fingerprint density at radius 2 is 1.76 bits per heavy atom. The number of rotatable bonds is 7. The van der Waals surface area contributed by atoms with E-state index in [-0.39, 0.29) is 17.4 Å². The molecule has 0 radical (unpaired) electrons. The summed E-state index contributed by atoms with van der Waals surface area (Å²) < 4.78 is 10.4. The van der Waals surface area contributed by atoms with Gasteiger partial charge in [0.1, 0.15) is 5.75 Å². The summed E-state index contributed by atoms with van der Waals surface area (Å²) in [6, 6.07) is 11.1. The Bertz CT molecular complexity index is 925. The second-order valence-electron chi connectivity index (χ2n) is 6.72. The highest BCUT2D eigenvalue weighted by atomic mass is 35.5. The van der Waals surface area contributed by atoms with Crippen molar-refractivity contribution in [3.8, 4) is 5.75 Å². The zero-order valence-corrected chi connectivity index (χ0v) is 16.8. The van der Waals surface area contributed by atoms with Gasteiger partial charge in [0.2, 0.25) is 5.91 Å². The summed E-state index contributed by atoms with van der Waals surface area (Å²) in [6.07, 6.45) is 0.787. The Balaban J connectivity index is 1.57. The molecular formula is C21H21ClN2O5. The SMILES string of the molecule is COc1ccc(Cl)cc1NC(=O)C(C)OC(=O)c1ccc(NC(=O)C2CC2)cc1. The lowest BCUT2D eigenvalue weighted by Crippen LogP contribution is -2.30. The van der Waals surface area contributed by atoms with Crippen molar-refractivity contribution in [1.82, 2.24) is 0 Å². The first-order valence-electron chi connectivity index (χ1n) is 9.13. The van der Waals surface area contributed by atoms with Crippen LogP contribution in [0.3, 0.4) is 0 Å². The predicted octanol–water partition coefficient (Wildman–Crippen LogP) is 3.88. The van der Waals surface area contributed by atoms with E-state index >= 15 is 0 Å². The van der Waals surface area contributed by atoms with Gasteiger partial charge in [-0.05, 0) is 62.2 Å². The summed E-state index contributed by atoms with van der Waals surface area (Å²) in [6.45, 7) is 1.47. The van der Waals surface area contributed by atoms with Crippen molar-refractivity contribution in [2.45, 2.75) is 25.9 Å². The molecule has 2 aromatic rings. The Morgan fingerprint density at radius 1 is 1.07 bits per heavy atom. The fourth-order valence-electron chi connectivity index (χ4n) is 2.57. The quantitative estimate of drug-likeness (QED) is 0.668. The summed E-state index contributed by atoms with van der Waals surface area (Å²) in [5, 5.41) is 5.86. The van der Waals surface area contributed by atoms with Gasteiger partial charge in [-0.1, -0.05) is 11.6 Å².